The van der Waals surface area contributed by atoms with E-state index in [4.69, 9.17) is 0 Å². The van der Waals surface area contributed by atoms with Crippen LogP contribution in [0.25, 0.3) is 0 Å². The van der Waals surface area contributed by atoms with Gasteiger partial charge in [-0.1, -0.05) is 19.2 Å². The van der Waals surface area contributed by atoms with E-state index < -0.39 is 12.1 Å². The van der Waals surface area contributed by atoms with Gasteiger partial charge in [0.1, 0.15) is 0 Å². The van der Waals surface area contributed by atoms with Crippen LogP contribution in [0.3, 0.4) is 0 Å². The van der Waals surface area contributed by atoms with Crippen LogP contribution in [0.15, 0.2) is 37.1 Å². The fourth-order valence-electron chi connectivity index (χ4n) is 0.490. The first-order valence-corrected chi connectivity index (χ1v) is 3.25. The molecule has 1 amide bonds. The molecule has 0 radical (unpaired) electrons. The van der Waals surface area contributed by atoms with E-state index in [1.807, 2.05) is 0 Å². The number of hydrogen-bond donors (Lipinski definition) is 1. The largest absolute Gasteiger partial charge is 0.471 e. The van der Waals surface area contributed by atoms with Crippen molar-refractivity contribution in [1.29, 1.82) is 0 Å². The Morgan fingerprint density at radius 1 is 1.31 bits per heavy atom. The molecular weight excluding hydrogens is 183 g/mol. The average Bonchev–Trinajstić information content (AvgIpc) is 2.01. The number of rotatable bonds is 3. The number of alkyl halides is 3. The molecule has 0 fully saturated rings. The third-order valence-corrected chi connectivity index (χ3v) is 1.03. The van der Waals surface area contributed by atoms with Crippen LogP contribution >= 0.6 is 0 Å². The number of carbonyl (C=O) groups excluding carboxylic acids is 1. The Kier molecular flexibility index (Phi) is 3.97. The zero-order valence-electron chi connectivity index (χ0n) is 6.69. The van der Waals surface area contributed by atoms with Crippen LogP contribution in [-0.4, -0.2) is 12.1 Å². The fraction of sp³-hybridized carbons (Fsp3) is 0.125. The Morgan fingerprint density at radius 2 is 1.85 bits per heavy atom. The van der Waals surface area contributed by atoms with E-state index in [1.165, 1.54) is 12.2 Å². The highest BCUT2D eigenvalue weighted by Gasteiger charge is 2.38. The molecule has 0 aromatic rings. The maximum atomic E-state index is 11.7. The van der Waals surface area contributed by atoms with Crippen LogP contribution in [0.4, 0.5) is 13.2 Å². The van der Waals surface area contributed by atoms with Gasteiger partial charge in [0.2, 0.25) is 0 Å². The van der Waals surface area contributed by atoms with E-state index >= 15 is 0 Å². The standard InChI is InChI=1S/C8H8F3NO/c1-3-5-6(4-2)12-7(13)8(9,10)11/h3-5H,1-2H2,(H,12,13)/b6-5+. The number of hydrogen-bond acceptors (Lipinski definition) is 1. The summed E-state index contributed by atoms with van der Waals surface area (Å²) in [5.74, 6) is -2.03. The first-order chi connectivity index (χ1) is 5.91. The number of carbonyl (C=O) groups is 1. The second kappa shape index (κ2) is 4.49. The summed E-state index contributed by atoms with van der Waals surface area (Å²) in [6, 6.07) is 0. The van der Waals surface area contributed by atoms with Crippen molar-refractivity contribution in [3.8, 4) is 0 Å². The molecule has 0 saturated carbocycles. The van der Waals surface area contributed by atoms with Crippen molar-refractivity contribution in [2.24, 2.45) is 0 Å². The lowest BCUT2D eigenvalue weighted by Gasteiger charge is -2.07. The molecule has 0 saturated heterocycles. The van der Waals surface area contributed by atoms with Crippen LogP contribution < -0.4 is 5.32 Å². The zero-order chi connectivity index (χ0) is 10.5. The number of halogens is 3. The molecular formula is C8H8F3NO. The second-order valence-corrected chi connectivity index (χ2v) is 2.01. The van der Waals surface area contributed by atoms with Crippen LogP contribution in [0.5, 0.6) is 0 Å². The van der Waals surface area contributed by atoms with Gasteiger partial charge in [0.15, 0.2) is 0 Å². The molecule has 0 atom stereocenters. The second-order valence-electron chi connectivity index (χ2n) is 2.01. The quantitative estimate of drug-likeness (QED) is 0.678. The van der Waals surface area contributed by atoms with Crippen molar-refractivity contribution in [1.82, 2.24) is 5.32 Å². The number of nitrogens with one attached hydrogen (secondary N) is 1. The minimum atomic E-state index is -4.89. The lowest BCUT2D eigenvalue weighted by molar-refractivity contribution is -0.172. The molecule has 0 spiro atoms. The van der Waals surface area contributed by atoms with Crippen molar-refractivity contribution < 1.29 is 18.0 Å². The smallest absolute Gasteiger partial charge is 0.318 e. The molecule has 0 aliphatic heterocycles. The summed E-state index contributed by atoms with van der Waals surface area (Å²) in [7, 11) is 0. The first kappa shape index (κ1) is 11.5. The molecule has 0 aromatic carbocycles. The van der Waals surface area contributed by atoms with Crippen molar-refractivity contribution in [2.75, 3.05) is 0 Å². The van der Waals surface area contributed by atoms with Gasteiger partial charge in [0, 0.05) is 5.70 Å². The molecule has 0 bridgehead atoms. The zero-order valence-corrected chi connectivity index (χ0v) is 6.69. The Balaban J connectivity index is 4.43. The predicted octanol–water partition coefficient (Wildman–Crippen LogP) is 1.92. The number of allylic oxidation sites excluding steroid dienone is 3. The Morgan fingerprint density at radius 3 is 2.15 bits per heavy atom. The average molecular weight is 191 g/mol. The monoisotopic (exact) mass is 191 g/mol. The molecule has 0 heterocycles. The topological polar surface area (TPSA) is 29.1 Å². The Labute approximate surface area is 73.4 Å². The fourth-order valence-corrected chi connectivity index (χ4v) is 0.490. The third-order valence-electron chi connectivity index (χ3n) is 1.03. The van der Waals surface area contributed by atoms with E-state index in [0.29, 0.717) is 0 Å². The lowest BCUT2D eigenvalue weighted by atomic mass is 10.3. The van der Waals surface area contributed by atoms with Gasteiger partial charge in [0.05, 0.1) is 0 Å². The highest BCUT2D eigenvalue weighted by atomic mass is 19.4. The minimum Gasteiger partial charge on any atom is -0.318 e. The van der Waals surface area contributed by atoms with Gasteiger partial charge >= 0.3 is 12.1 Å². The summed E-state index contributed by atoms with van der Waals surface area (Å²) < 4.78 is 35.1. The molecule has 0 aliphatic rings. The van der Waals surface area contributed by atoms with Crippen molar-refractivity contribution in [3.05, 3.63) is 37.1 Å². The van der Waals surface area contributed by atoms with E-state index in [-0.39, 0.29) is 5.70 Å². The summed E-state index contributed by atoms with van der Waals surface area (Å²) in [5, 5.41) is 1.62. The molecule has 1 N–H and O–H groups in total. The van der Waals surface area contributed by atoms with Gasteiger partial charge in [-0.15, -0.1) is 0 Å². The summed E-state index contributed by atoms with van der Waals surface area (Å²) in [6.45, 7) is 6.48. The SMILES string of the molecule is C=C/C=C(\C=C)NC(=O)C(F)(F)F. The highest BCUT2D eigenvalue weighted by molar-refractivity contribution is 5.83. The highest BCUT2D eigenvalue weighted by Crippen LogP contribution is 2.14. The van der Waals surface area contributed by atoms with E-state index in [9.17, 15) is 18.0 Å². The van der Waals surface area contributed by atoms with Crippen LogP contribution in [0, 0.1) is 0 Å². The Bertz CT molecular complexity index is 253. The number of amides is 1. The summed E-state index contributed by atoms with van der Waals surface area (Å²) in [5.41, 5.74) is -0.0441. The van der Waals surface area contributed by atoms with Crippen LogP contribution in [0.2, 0.25) is 0 Å². The van der Waals surface area contributed by atoms with Crippen molar-refractivity contribution >= 4 is 5.91 Å². The Hall–Kier alpha value is -1.52. The van der Waals surface area contributed by atoms with Gasteiger partial charge in [-0.25, -0.2) is 0 Å². The van der Waals surface area contributed by atoms with Gasteiger partial charge in [-0.3, -0.25) is 4.79 Å². The molecule has 0 aliphatic carbocycles. The van der Waals surface area contributed by atoms with Crippen LogP contribution in [-0.2, 0) is 4.79 Å². The molecule has 72 valence electrons. The lowest BCUT2D eigenvalue weighted by Crippen LogP contribution is -2.35. The van der Waals surface area contributed by atoms with Crippen LogP contribution in [0.1, 0.15) is 0 Å². The summed E-state index contributed by atoms with van der Waals surface area (Å²) in [6.07, 6.45) is -1.35. The van der Waals surface area contributed by atoms with Crippen molar-refractivity contribution in [2.45, 2.75) is 6.18 Å². The minimum absolute atomic E-state index is 0.0441. The predicted molar refractivity (Wildman–Crippen MR) is 42.7 cm³/mol. The summed E-state index contributed by atoms with van der Waals surface area (Å²) >= 11 is 0. The van der Waals surface area contributed by atoms with Gasteiger partial charge in [-0.05, 0) is 12.2 Å². The third kappa shape index (κ3) is 4.15. The van der Waals surface area contributed by atoms with Gasteiger partial charge in [-0.2, -0.15) is 13.2 Å². The molecule has 0 rings (SSSR count). The maximum absolute atomic E-state index is 11.7. The van der Waals surface area contributed by atoms with E-state index in [1.54, 1.807) is 5.32 Å². The molecule has 0 aromatic heterocycles. The molecule has 5 heteroatoms. The van der Waals surface area contributed by atoms with Gasteiger partial charge < -0.3 is 5.32 Å². The van der Waals surface area contributed by atoms with Gasteiger partial charge in [0.25, 0.3) is 0 Å². The normalized spacial score (nSPS) is 12.1. The first-order valence-electron chi connectivity index (χ1n) is 3.25. The molecule has 2 nitrogen and oxygen atoms in total. The molecule has 0 unspecified atom stereocenters. The summed E-state index contributed by atoms with van der Waals surface area (Å²) in [4.78, 5) is 10.3. The van der Waals surface area contributed by atoms with E-state index in [0.717, 1.165) is 6.08 Å². The van der Waals surface area contributed by atoms with E-state index in [2.05, 4.69) is 13.2 Å². The molecule has 13 heavy (non-hydrogen) atoms. The maximum Gasteiger partial charge on any atom is 0.471 e. The van der Waals surface area contributed by atoms with Crippen molar-refractivity contribution in [3.63, 3.8) is 0 Å².